The molecule has 4 amide bonds. The highest BCUT2D eigenvalue weighted by Gasteiger charge is 2.54. The highest BCUT2D eigenvalue weighted by molar-refractivity contribution is 6.38. The van der Waals surface area contributed by atoms with Gasteiger partial charge in [0.25, 0.3) is 5.91 Å². The van der Waals surface area contributed by atoms with E-state index in [0.29, 0.717) is 18.7 Å². The van der Waals surface area contributed by atoms with Gasteiger partial charge in [-0.3, -0.25) is 24.0 Å². The number of amides is 4. The molecule has 8 rings (SSSR count). The summed E-state index contributed by atoms with van der Waals surface area (Å²) >= 11 is 0. The molecule has 3 N–H and O–H groups in total. The van der Waals surface area contributed by atoms with E-state index >= 15 is 0 Å². The topological polar surface area (TPSA) is 134 Å². The maximum absolute atomic E-state index is 14.7. The van der Waals surface area contributed by atoms with E-state index in [1.807, 2.05) is 65.8 Å². The van der Waals surface area contributed by atoms with Crippen molar-refractivity contribution in [1.29, 1.82) is 0 Å². The summed E-state index contributed by atoms with van der Waals surface area (Å²) < 4.78 is 5.97. The van der Waals surface area contributed by atoms with Gasteiger partial charge in [0.2, 0.25) is 23.5 Å². The number of hydrogen-bond donors (Lipinski definition) is 3. The van der Waals surface area contributed by atoms with Crippen molar-refractivity contribution in [1.82, 2.24) is 20.9 Å². The maximum atomic E-state index is 14.7. The summed E-state index contributed by atoms with van der Waals surface area (Å²) in [6, 6.07) is 4.67. The van der Waals surface area contributed by atoms with E-state index in [4.69, 9.17) is 4.74 Å². The van der Waals surface area contributed by atoms with E-state index in [1.54, 1.807) is 4.90 Å². The minimum atomic E-state index is -1.11. The lowest BCUT2D eigenvalue weighted by molar-refractivity contribution is -0.146. The van der Waals surface area contributed by atoms with Gasteiger partial charge in [-0.05, 0) is 143 Å². The molecule has 7 fully saturated rings. The average molecular weight is 731 g/mol. The fourth-order valence-corrected chi connectivity index (χ4v) is 11.1. The molecule has 1 heterocycles. The van der Waals surface area contributed by atoms with Gasteiger partial charge in [0.1, 0.15) is 29.5 Å². The summed E-state index contributed by atoms with van der Waals surface area (Å²) in [5, 5.41) is 8.97. The molecule has 290 valence electrons. The van der Waals surface area contributed by atoms with E-state index < -0.39 is 41.1 Å². The molecule has 1 saturated heterocycles. The summed E-state index contributed by atoms with van der Waals surface area (Å²) in [5.74, 6) is 0.895. The predicted octanol–water partition coefficient (Wildman–Crippen LogP) is 5.50. The van der Waals surface area contributed by atoms with Gasteiger partial charge in [-0.15, -0.1) is 0 Å². The molecule has 0 unspecified atom stereocenters. The van der Waals surface area contributed by atoms with Crippen molar-refractivity contribution in [2.45, 2.75) is 155 Å². The van der Waals surface area contributed by atoms with Gasteiger partial charge in [-0.25, -0.2) is 0 Å². The van der Waals surface area contributed by atoms with Crippen LogP contribution in [0.3, 0.4) is 0 Å². The standard InChI is InChI=1S/C43H62N4O6/c1-41(2,3)37(46-34(48)23-43-20-26-16-27(21-43)18-28(17-26)22-43)40(52)47-24-29-8-7-9-32(29)35(47)38(50)45-33(36(49)39(51)44-30-12-13-30)19-25-10-14-31(15-11-25)53-42(4,5)6/h10-11,14-15,26-30,32-33,35,37H,7-9,12-13,16-24H2,1-6H3,(H,44,51)(H,45,50)(H,46,48)/t26?,27?,28?,29-,32-,33-,35-,37+,43?/m0/s1. The van der Waals surface area contributed by atoms with Crippen molar-refractivity contribution in [3.63, 3.8) is 0 Å². The molecule has 5 atom stereocenters. The summed E-state index contributed by atoms with van der Waals surface area (Å²) in [5.41, 5.74) is -0.141. The Morgan fingerprint density at radius 2 is 1.47 bits per heavy atom. The van der Waals surface area contributed by atoms with Gasteiger partial charge in [-0.2, -0.15) is 0 Å². The zero-order valence-corrected chi connectivity index (χ0v) is 32.8. The first-order valence-electron chi connectivity index (χ1n) is 20.5. The first kappa shape index (κ1) is 37.9. The molecule has 6 saturated carbocycles. The normalized spacial score (nSPS) is 31.4. The highest BCUT2D eigenvalue weighted by atomic mass is 16.5. The average Bonchev–Trinajstić information content (AvgIpc) is 3.61. The van der Waals surface area contributed by atoms with Crippen LogP contribution in [0, 0.1) is 40.4 Å². The Labute approximate surface area is 315 Å². The first-order chi connectivity index (χ1) is 24.9. The number of ether oxygens (including phenoxy) is 1. The molecule has 0 radical (unpaired) electrons. The second-order valence-corrected chi connectivity index (χ2v) is 20.0. The van der Waals surface area contributed by atoms with E-state index in [1.165, 1.54) is 19.3 Å². The van der Waals surface area contributed by atoms with Crippen LogP contribution in [0.4, 0.5) is 0 Å². The monoisotopic (exact) mass is 730 g/mol. The third kappa shape index (κ3) is 8.62. The number of carbonyl (C=O) groups excluding carboxylic acids is 5. The first-order valence-corrected chi connectivity index (χ1v) is 20.5. The van der Waals surface area contributed by atoms with Crippen LogP contribution in [0.5, 0.6) is 5.75 Å². The van der Waals surface area contributed by atoms with Crippen LogP contribution in [0.15, 0.2) is 24.3 Å². The van der Waals surface area contributed by atoms with E-state index in [0.717, 1.165) is 74.7 Å². The number of benzene rings is 1. The Kier molecular flexibility index (Phi) is 10.2. The third-order valence-corrected chi connectivity index (χ3v) is 13.1. The molecule has 10 heteroatoms. The fourth-order valence-electron chi connectivity index (χ4n) is 11.1. The van der Waals surface area contributed by atoms with Crippen LogP contribution in [0.25, 0.3) is 0 Å². The zero-order chi connectivity index (χ0) is 37.9. The van der Waals surface area contributed by atoms with Gasteiger partial charge in [0.15, 0.2) is 0 Å². The molecule has 1 aliphatic heterocycles. The number of carbonyl (C=O) groups is 5. The minimum Gasteiger partial charge on any atom is -0.488 e. The number of rotatable bonds is 12. The molecule has 4 bridgehead atoms. The maximum Gasteiger partial charge on any atom is 0.289 e. The van der Waals surface area contributed by atoms with Crippen LogP contribution >= 0.6 is 0 Å². The summed E-state index contributed by atoms with van der Waals surface area (Å²) in [6.07, 6.45) is 12.2. The molecule has 53 heavy (non-hydrogen) atoms. The number of ketones is 1. The lowest BCUT2D eigenvalue weighted by Gasteiger charge is -2.56. The second-order valence-electron chi connectivity index (χ2n) is 20.0. The third-order valence-electron chi connectivity index (χ3n) is 13.1. The summed E-state index contributed by atoms with van der Waals surface area (Å²) in [4.78, 5) is 71.6. The number of nitrogens with one attached hydrogen (secondary N) is 3. The summed E-state index contributed by atoms with van der Waals surface area (Å²) in [7, 11) is 0. The molecule has 1 aromatic rings. The van der Waals surface area contributed by atoms with Crippen LogP contribution < -0.4 is 20.7 Å². The lowest BCUT2D eigenvalue weighted by Crippen LogP contribution is -2.60. The second kappa shape index (κ2) is 14.3. The van der Waals surface area contributed by atoms with Crippen molar-refractivity contribution >= 4 is 29.4 Å². The van der Waals surface area contributed by atoms with Gasteiger partial charge in [0.05, 0.1) is 0 Å². The number of nitrogens with zero attached hydrogens (tertiary/aromatic N) is 1. The van der Waals surface area contributed by atoms with Gasteiger partial charge in [-0.1, -0.05) is 39.3 Å². The highest BCUT2D eigenvalue weighted by Crippen LogP contribution is 2.61. The minimum absolute atomic E-state index is 0.00805. The molecule has 10 nitrogen and oxygen atoms in total. The zero-order valence-electron chi connectivity index (χ0n) is 32.8. The number of likely N-dealkylation sites (tertiary alicyclic amines) is 1. The van der Waals surface area contributed by atoms with Gasteiger partial charge in [0, 0.05) is 25.4 Å². The largest absolute Gasteiger partial charge is 0.488 e. The van der Waals surface area contributed by atoms with E-state index in [2.05, 4.69) is 16.0 Å². The molecular weight excluding hydrogens is 668 g/mol. The lowest BCUT2D eigenvalue weighted by atomic mass is 9.49. The Morgan fingerprint density at radius 1 is 0.849 bits per heavy atom. The Bertz CT molecular complexity index is 1550. The van der Waals surface area contributed by atoms with Crippen LogP contribution in [0.2, 0.25) is 0 Å². The summed E-state index contributed by atoms with van der Waals surface area (Å²) in [6.45, 7) is 12.3. The van der Waals surface area contributed by atoms with Crippen LogP contribution in [-0.2, 0) is 30.4 Å². The molecule has 6 aliphatic carbocycles. The Hall–Kier alpha value is -3.43. The molecule has 7 aliphatic rings. The van der Waals surface area contributed by atoms with Gasteiger partial charge < -0.3 is 25.6 Å². The van der Waals surface area contributed by atoms with E-state index in [-0.39, 0.29) is 47.1 Å². The van der Waals surface area contributed by atoms with Crippen molar-refractivity contribution in [2.24, 2.45) is 40.4 Å². The van der Waals surface area contributed by atoms with Crippen LogP contribution in [-0.4, -0.2) is 70.6 Å². The smallest absolute Gasteiger partial charge is 0.289 e. The number of hydrogen-bond acceptors (Lipinski definition) is 6. The molecular formula is C43H62N4O6. The molecule has 0 spiro atoms. The fraction of sp³-hybridized carbons (Fsp3) is 0.744. The van der Waals surface area contributed by atoms with Gasteiger partial charge >= 0.3 is 0 Å². The van der Waals surface area contributed by atoms with Crippen molar-refractivity contribution < 1.29 is 28.7 Å². The quantitative estimate of drug-likeness (QED) is 0.243. The van der Waals surface area contributed by atoms with Crippen molar-refractivity contribution in [3.05, 3.63) is 29.8 Å². The number of fused-ring (bicyclic) bond motifs is 1. The SMILES string of the molecule is CC(C)(C)Oc1ccc(C[C@H](NC(=O)[C@@H]2[C@H]3CCC[C@H]3CN2C(=O)[C@@H](NC(=O)CC23CC4CC(CC(C4)C2)C3)C(C)(C)C)C(=O)C(=O)NC2CC2)cc1. The predicted molar refractivity (Wildman–Crippen MR) is 202 cm³/mol. The number of Topliss-reactive ketones (excluding diaryl/α,β-unsaturated/α-hetero) is 1. The van der Waals surface area contributed by atoms with E-state index in [9.17, 15) is 24.0 Å². The Balaban J connectivity index is 1.08. The molecule has 1 aromatic carbocycles. The van der Waals surface area contributed by atoms with Crippen LogP contribution in [0.1, 0.15) is 124 Å². The Morgan fingerprint density at radius 3 is 2.04 bits per heavy atom. The van der Waals surface area contributed by atoms with Crippen molar-refractivity contribution in [3.8, 4) is 5.75 Å². The molecule has 0 aromatic heterocycles. The van der Waals surface area contributed by atoms with Crippen molar-refractivity contribution in [2.75, 3.05) is 6.54 Å².